The van der Waals surface area contributed by atoms with E-state index in [-0.39, 0.29) is 12.0 Å². The lowest BCUT2D eigenvalue weighted by Gasteiger charge is -2.20. The van der Waals surface area contributed by atoms with E-state index in [1.807, 2.05) is 6.92 Å². The number of carbonyl (C=O) groups excluding carboxylic acids is 2. The first-order valence-corrected chi connectivity index (χ1v) is 9.14. The maximum absolute atomic E-state index is 12.1. The van der Waals surface area contributed by atoms with E-state index in [2.05, 4.69) is 0 Å². The van der Waals surface area contributed by atoms with Crippen LogP contribution in [0.2, 0.25) is 0 Å². The van der Waals surface area contributed by atoms with Crippen LogP contribution in [-0.2, 0) is 23.8 Å². The highest BCUT2D eigenvalue weighted by Gasteiger charge is 2.39. The predicted octanol–water partition coefficient (Wildman–Crippen LogP) is 2.12. The minimum absolute atomic E-state index is 0.0110. The zero-order valence-corrected chi connectivity index (χ0v) is 16.2. The molecule has 1 aromatic rings. The van der Waals surface area contributed by atoms with Crippen LogP contribution in [0.5, 0.6) is 5.75 Å². The van der Waals surface area contributed by atoms with Gasteiger partial charge < -0.3 is 23.5 Å². The fourth-order valence-electron chi connectivity index (χ4n) is 3.00. The van der Waals surface area contributed by atoms with Crippen molar-refractivity contribution < 1.29 is 28.5 Å². The molecule has 27 heavy (non-hydrogen) atoms. The molecule has 2 heterocycles. The molecular weight excluding hydrogens is 354 g/mol. The first kappa shape index (κ1) is 21.0. The Kier molecular flexibility index (Phi) is 7.41. The van der Waals surface area contributed by atoms with Crippen molar-refractivity contribution in [3.05, 3.63) is 28.2 Å². The molecular formula is C19H27NO7. The molecule has 0 aliphatic carbocycles. The summed E-state index contributed by atoms with van der Waals surface area (Å²) in [6, 6.07) is 1.43. The number of aromatic nitrogens is 1. The molecule has 3 atom stereocenters. The van der Waals surface area contributed by atoms with Crippen LogP contribution in [0.25, 0.3) is 0 Å². The van der Waals surface area contributed by atoms with Gasteiger partial charge in [0, 0.05) is 32.5 Å². The van der Waals surface area contributed by atoms with Gasteiger partial charge in [0.2, 0.25) is 5.43 Å². The Bertz CT molecular complexity index is 727. The van der Waals surface area contributed by atoms with Gasteiger partial charge in [-0.05, 0) is 13.3 Å². The van der Waals surface area contributed by atoms with Crippen LogP contribution >= 0.6 is 0 Å². The van der Waals surface area contributed by atoms with Crippen molar-refractivity contribution in [1.29, 1.82) is 0 Å². The van der Waals surface area contributed by atoms with Crippen LogP contribution in [0.4, 0.5) is 0 Å². The van der Waals surface area contributed by atoms with E-state index in [4.69, 9.17) is 18.9 Å². The van der Waals surface area contributed by atoms with Gasteiger partial charge in [-0.25, -0.2) is 0 Å². The summed E-state index contributed by atoms with van der Waals surface area (Å²) in [4.78, 5) is 34.6. The first-order chi connectivity index (χ1) is 12.8. The van der Waals surface area contributed by atoms with Gasteiger partial charge in [-0.2, -0.15) is 0 Å². The molecule has 0 radical (unpaired) electrons. The predicted molar refractivity (Wildman–Crippen MR) is 96.6 cm³/mol. The number of pyridine rings is 1. The van der Waals surface area contributed by atoms with Gasteiger partial charge in [-0.3, -0.25) is 14.4 Å². The Morgan fingerprint density at radius 3 is 2.67 bits per heavy atom. The van der Waals surface area contributed by atoms with E-state index in [0.29, 0.717) is 24.5 Å². The van der Waals surface area contributed by atoms with Crippen LogP contribution < -0.4 is 10.2 Å². The molecule has 1 aliphatic rings. The lowest BCUT2D eigenvalue weighted by molar-refractivity contribution is -0.155. The molecule has 3 unspecified atom stereocenters. The van der Waals surface area contributed by atoms with Crippen molar-refractivity contribution in [2.24, 2.45) is 0 Å². The average molecular weight is 381 g/mol. The second-order valence-corrected chi connectivity index (χ2v) is 6.52. The second kappa shape index (κ2) is 9.55. The van der Waals surface area contributed by atoms with Gasteiger partial charge >= 0.3 is 11.9 Å². The van der Waals surface area contributed by atoms with Gasteiger partial charge in [0.15, 0.2) is 5.75 Å². The van der Waals surface area contributed by atoms with E-state index in [9.17, 15) is 14.4 Å². The largest absolute Gasteiger partial charge is 0.488 e. The van der Waals surface area contributed by atoms with E-state index in [1.54, 1.807) is 17.7 Å². The second-order valence-electron chi connectivity index (χ2n) is 6.52. The van der Waals surface area contributed by atoms with Crippen LogP contribution in [0.15, 0.2) is 17.1 Å². The third kappa shape index (κ3) is 5.56. The number of ether oxygens (including phenoxy) is 4. The number of esters is 2. The van der Waals surface area contributed by atoms with E-state index in [0.717, 1.165) is 12.8 Å². The van der Waals surface area contributed by atoms with Crippen LogP contribution in [-0.4, -0.2) is 41.9 Å². The molecule has 8 nitrogen and oxygen atoms in total. The third-order valence-corrected chi connectivity index (χ3v) is 4.33. The van der Waals surface area contributed by atoms with Gasteiger partial charge in [0.05, 0.1) is 12.3 Å². The van der Waals surface area contributed by atoms with Crippen LogP contribution in [0.1, 0.15) is 52.0 Å². The zero-order chi connectivity index (χ0) is 20.0. The fraction of sp³-hybridized carbons (Fsp3) is 0.632. The SMILES string of the molecule is CCCCOc1c(C)n(C2CC(OC(C)=O)C(COC(C)=O)O2)ccc1=O. The Morgan fingerprint density at radius 2 is 2.04 bits per heavy atom. The molecule has 2 rings (SSSR count). The average Bonchev–Trinajstić information content (AvgIpc) is 2.97. The topological polar surface area (TPSA) is 93.1 Å². The van der Waals surface area contributed by atoms with Crippen LogP contribution in [0, 0.1) is 6.92 Å². The first-order valence-electron chi connectivity index (χ1n) is 9.14. The fourth-order valence-corrected chi connectivity index (χ4v) is 3.00. The summed E-state index contributed by atoms with van der Waals surface area (Å²) in [5.41, 5.74) is 0.448. The molecule has 0 N–H and O–H groups in total. The maximum Gasteiger partial charge on any atom is 0.303 e. The van der Waals surface area contributed by atoms with Gasteiger partial charge in [0.25, 0.3) is 0 Å². The Labute approximate surface area is 158 Å². The summed E-state index contributed by atoms with van der Waals surface area (Å²) in [6.45, 7) is 6.91. The summed E-state index contributed by atoms with van der Waals surface area (Å²) >= 11 is 0. The van der Waals surface area contributed by atoms with Crippen molar-refractivity contribution in [2.75, 3.05) is 13.2 Å². The van der Waals surface area contributed by atoms with Crippen molar-refractivity contribution in [1.82, 2.24) is 4.57 Å². The molecule has 1 fully saturated rings. The Balaban J connectivity index is 2.21. The number of hydrogen-bond donors (Lipinski definition) is 0. The molecule has 1 aromatic heterocycles. The Morgan fingerprint density at radius 1 is 1.30 bits per heavy atom. The molecule has 1 aliphatic heterocycles. The molecule has 0 amide bonds. The minimum atomic E-state index is -0.578. The third-order valence-electron chi connectivity index (χ3n) is 4.33. The van der Waals surface area contributed by atoms with E-state index < -0.39 is 30.4 Å². The zero-order valence-electron chi connectivity index (χ0n) is 16.2. The maximum atomic E-state index is 12.1. The highest BCUT2D eigenvalue weighted by molar-refractivity contribution is 5.66. The smallest absolute Gasteiger partial charge is 0.303 e. The molecule has 8 heteroatoms. The number of carbonyl (C=O) groups is 2. The summed E-state index contributed by atoms with van der Waals surface area (Å²) in [7, 11) is 0. The lowest BCUT2D eigenvalue weighted by atomic mass is 10.1. The quantitative estimate of drug-likeness (QED) is 0.503. The van der Waals surface area contributed by atoms with Gasteiger partial charge in [-0.1, -0.05) is 13.3 Å². The lowest BCUT2D eigenvalue weighted by Crippen LogP contribution is -2.31. The van der Waals surface area contributed by atoms with Crippen molar-refractivity contribution >= 4 is 11.9 Å². The molecule has 0 bridgehead atoms. The molecule has 1 saturated heterocycles. The molecule has 0 saturated carbocycles. The molecule has 0 aromatic carbocycles. The number of rotatable bonds is 8. The van der Waals surface area contributed by atoms with Crippen LogP contribution in [0.3, 0.4) is 0 Å². The number of nitrogens with zero attached hydrogens (tertiary/aromatic N) is 1. The monoisotopic (exact) mass is 381 g/mol. The van der Waals surface area contributed by atoms with Crippen molar-refractivity contribution in [2.45, 2.75) is 65.4 Å². The highest BCUT2D eigenvalue weighted by atomic mass is 16.6. The molecule has 150 valence electrons. The van der Waals surface area contributed by atoms with E-state index >= 15 is 0 Å². The highest BCUT2D eigenvalue weighted by Crippen LogP contribution is 2.33. The standard InChI is InChI=1S/C19H27NO7/c1-5-6-9-24-19-12(2)20(8-7-15(19)23)18-10-16(26-14(4)22)17(27-18)11-25-13(3)21/h7-8,16-18H,5-6,9-11H2,1-4H3. The van der Waals surface area contributed by atoms with Crippen molar-refractivity contribution in [3.8, 4) is 5.75 Å². The number of unbranched alkanes of at least 4 members (excludes halogenated alkanes) is 1. The number of hydrogen-bond acceptors (Lipinski definition) is 7. The van der Waals surface area contributed by atoms with Crippen molar-refractivity contribution in [3.63, 3.8) is 0 Å². The summed E-state index contributed by atoms with van der Waals surface area (Å²) in [5, 5.41) is 0. The minimum Gasteiger partial charge on any atom is -0.488 e. The normalized spacial score (nSPS) is 21.7. The summed E-state index contributed by atoms with van der Waals surface area (Å²) in [6.07, 6.45) is 2.24. The van der Waals surface area contributed by atoms with Gasteiger partial charge in [0.1, 0.15) is 25.0 Å². The molecule has 0 spiro atoms. The summed E-state index contributed by atoms with van der Waals surface area (Å²) in [5.74, 6) is -0.575. The van der Waals surface area contributed by atoms with Gasteiger partial charge in [-0.15, -0.1) is 0 Å². The van der Waals surface area contributed by atoms with E-state index in [1.165, 1.54) is 19.9 Å². The summed E-state index contributed by atoms with van der Waals surface area (Å²) < 4.78 is 23.8. The Hall–Kier alpha value is -2.35.